The minimum absolute atomic E-state index is 0.101. The van der Waals surface area contributed by atoms with E-state index in [1.165, 1.54) is 0 Å². The van der Waals surface area contributed by atoms with Gasteiger partial charge in [-0.3, -0.25) is 0 Å². The van der Waals surface area contributed by atoms with E-state index in [-0.39, 0.29) is 11.8 Å². The number of halogens is 1. The minimum atomic E-state index is -0.467. The molecule has 14 heavy (non-hydrogen) atoms. The van der Waals surface area contributed by atoms with Crippen LogP contribution >= 0.6 is 23.4 Å². The largest absolute Gasteiger partial charge is 0.449 e. The first-order valence-electron chi connectivity index (χ1n) is 4.37. The highest BCUT2D eigenvalue weighted by atomic mass is 35.5. The number of aliphatic hydroxyl groups is 1. The van der Waals surface area contributed by atoms with E-state index in [0.717, 1.165) is 5.76 Å². The zero-order valence-corrected chi connectivity index (χ0v) is 9.52. The van der Waals surface area contributed by atoms with E-state index < -0.39 is 6.10 Å². The van der Waals surface area contributed by atoms with Gasteiger partial charge in [0.05, 0.1) is 11.9 Å². The third kappa shape index (κ3) is 3.53. The van der Waals surface area contributed by atoms with Gasteiger partial charge in [-0.25, -0.2) is 0 Å². The van der Waals surface area contributed by atoms with Crippen LogP contribution in [0.15, 0.2) is 16.5 Å². The van der Waals surface area contributed by atoms with E-state index in [2.05, 4.69) is 0 Å². The molecule has 1 aromatic rings. The lowest BCUT2D eigenvalue weighted by Crippen LogP contribution is -2.28. The maximum atomic E-state index is 9.41. The fourth-order valence-corrected chi connectivity index (χ4v) is 2.02. The second-order valence-corrected chi connectivity index (χ2v) is 4.76. The van der Waals surface area contributed by atoms with Crippen LogP contribution < -0.4 is 5.73 Å². The summed E-state index contributed by atoms with van der Waals surface area (Å²) in [7, 11) is 0. The molecule has 0 aliphatic carbocycles. The van der Waals surface area contributed by atoms with E-state index >= 15 is 0 Å². The average molecular weight is 236 g/mol. The molecule has 0 aliphatic heterocycles. The second-order valence-electron chi connectivity index (χ2n) is 3.02. The molecule has 0 saturated heterocycles. The predicted molar refractivity (Wildman–Crippen MR) is 59.5 cm³/mol. The van der Waals surface area contributed by atoms with E-state index in [4.69, 9.17) is 21.8 Å². The van der Waals surface area contributed by atoms with Gasteiger partial charge in [-0.2, -0.15) is 0 Å². The van der Waals surface area contributed by atoms with Gasteiger partial charge in [0.2, 0.25) is 0 Å². The fraction of sp³-hybridized carbons (Fsp3) is 0.556. The van der Waals surface area contributed by atoms with Crippen molar-refractivity contribution in [1.29, 1.82) is 0 Å². The number of rotatable bonds is 5. The lowest BCUT2D eigenvalue weighted by atomic mass is 10.3. The van der Waals surface area contributed by atoms with Crippen LogP contribution in [0.4, 0.5) is 0 Å². The van der Waals surface area contributed by atoms with Gasteiger partial charge < -0.3 is 15.3 Å². The number of nitrogens with two attached hydrogens (primary N) is 1. The topological polar surface area (TPSA) is 59.4 Å². The quantitative estimate of drug-likeness (QED) is 0.818. The lowest BCUT2D eigenvalue weighted by Gasteiger charge is -2.15. The van der Waals surface area contributed by atoms with E-state index in [0.29, 0.717) is 11.0 Å². The molecule has 1 rings (SSSR count). The number of aliphatic hydroxyl groups excluding tert-OH is 1. The summed E-state index contributed by atoms with van der Waals surface area (Å²) < 4.78 is 5.18. The molecule has 0 saturated carbocycles. The lowest BCUT2D eigenvalue weighted by molar-refractivity contribution is 0.184. The van der Waals surface area contributed by atoms with Gasteiger partial charge in [0.1, 0.15) is 5.76 Å². The van der Waals surface area contributed by atoms with Crippen LogP contribution in [-0.2, 0) is 5.75 Å². The van der Waals surface area contributed by atoms with Crippen LogP contribution in [-0.4, -0.2) is 23.0 Å². The standard InChI is InChI=1S/C9H14ClNO2S/c1-6(8(12)4-11)14-5-7-2-3-9(10)13-7/h2-3,6,8,12H,4-5,11H2,1H3. The first-order chi connectivity index (χ1) is 6.63. The smallest absolute Gasteiger partial charge is 0.193 e. The third-order valence-electron chi connectivity index (χ3n) is 1.90. The zero-order chi connectivity index (χ0) is 10.6. The molecule has 2 atom stereocenters. The average Bonchev–Trinajstić information content (AvgIpc) is 2.59. The summed E-state index contributed by atoms with van der Waals surface area (Å²) in [5, 5.41) is 9.90. The first-order valence-corrected chi connectivity index (χ1v) is 5.80. The van der Waals surface area contributed by atoms with Crippen molar-refractivity contribution < 1.29 is 9.52 Å². The Morgan fingerprint density at radius 1 is 1.64 bits per heavy atom. The Balaban J connectivity index is 2.33. The first kappa shape index (κ1) is 11.9. The Kier molecular flexibility index (Phi) is 4.81. The van der Waals surface area contributed by atoms with Crippen molar-refractivity contribution in [2.24, 2.45) is 5.73 Å². The summed E-state index contributed by atoms with van der Waals surface area (Å²) in [6.45, 7) is 2.22. The highest BCUT2D eigenvalue weighted by Crippen LogP contribution is 2.22. The highest BCUT2D eigenvalue weighted by molar-refractivity contribution is 7.99. The Morgan fingerprint density at radius 3 is 2.86 bits per heavy atom. The molecule has 80 valence electrons. The maximum absolute atomic E-state index is 9.41. The molecule has 0 amide bonds. The van der Waals surface area contributed by atoms with Crippen LogP contribution in [0.5, 0.6) is 0 Å². The van der Waals surface area contributed by atoms with Crippen molar-refractivity contribution in [3.8, 4) is 0 Å². The molecule has 3 N–H and O–H groups in total. The summed E-state index contributed by atoms with van der Waals surface area (Å²) in [6, 6.07) is 3.54. The molecule has 0 aromatic carbocycles. The number of thioether (sulfide) groups is 1. The Bertz CT molecular complexity index is 280. The van der Waals surface area contributed by atoms with Crippen molar-refractivity contribution >= 4 is 23.4 Å². The summed E-state index contributed by atoms with van der Waals surface area (Å²) in [5.74, 6) is 1.52. The Labute approximate surface area is 92.6 Å². The third-order valence-corrected chi connectivity index (χ3v) is 3.39. The highest BCUT2D eigenvalue weighted by Gasteiger charge is 2.13. The Morgan fingerprint density at radius 2 is 2.36 bits per heavy atom. The summed E-state index contributed by atoms with van der Waals surface area (Å²) in [6.07, 6.45) is -0.467. The van der Waals surface area contributed by atoms with Crippen LogP contribution in [0.25, 0.3) is 0 Å². The van der Waals surface area contributed by atoms with Crippen LogP contribution in [0.1, 0.15) is 12.7 Å². The predicted octanol–water partition coefficient (Wildman–Crippen LogP) is 1.87. The van der Waals surface area contributed by atoms with E-state index in [1.807, 2.05) is 13.0 Å². The molecular formula is C9H14ClNO2S. The number of hydrogen-bond donors (Lipinski definition) is 2. The van der Waals surface area contributed by atoms with Gasteiger partial charge in [0.25, 0.3) is 0 Å². The molecule has 0 aliphatic rings. The summed E-state index contributed by atoms with van der Waals surface area (Å²) >= 11 is 7.21. The minimum Gasteiger partial charge on any atom is -0.449 e. The number of hydrogen-bond acceptors (Lipinski definition) is 4. The molecule has 1 aromatic heterocycles. The molecule has 1 heterocycles. The fourth-order valence-electron chi connectivity index (χ4n) is 0.946. The van der Waals surface area contributed by atoms with Crippen LogP contribution in [0.3, 0.4) is 0 Å². The van der Waals surface area contributed by atoms with Crippen LogP contribution in [0, 0.1) is 0 Å². The van der Waals surface area contributed by atoms with Crippen LogP contribution in [0.2, 0.25) is 5.22 Å². The van der Waals surface area contributed by atoms with Crippen molar-refractivity contribution in [3.05, 3.63) is 23.1 Å². The SMILES string of the molecule is CC(SCc1ccc(Cl)o1)C(O)CN. The van der Waals surface area contributed by atoms with Gasteiger partial charge >= 0.3 is 0 Å². The summed E-state index contributed by atoms with van der Waals surface area (Å²) in [4.78, 5) is 0. The summed E-state index contributed by atoms with van der Waals surface area (Å²) in [5.41, 5.74) is 5.34. The van der Waals surface area contributed by atoms with Gasteiger partial charge in [0.15, 0.2) is 5.22 Å². The second kappa shape index (κ2) is 5.66. The van der Waals surface area contributed by atoms with Crippen molar-refractivity contribution in [1.82, 2.24) is 0 Å². The van der Waals surface area contributed by atoms with Crippen molar-refractivity contribution in [3.63, 3.8) is 0 Å². The molecule has 0 bridgehead atoms. The molecule has 3 nitrogen and oxygen atoms in total. The number of furan rings is 1. The molecule has 5 heteroatoms. The molecule has 0 radical (unpaired) electrons. The Hall–Kier alpha value is -0.160. The van der Waals surface area contributed by atoms with Crippen molar-refractivity contribution in [2.75, 3.05) is 6.54 Å². The normalized spacial score (nSPS) is 15.4. The van der Waals surface area contributed by atoms with Crippen molar-refractivity contribution in [2.45, 2.75) is 24.0 Å². The van der Waals surface area contributed by atoms with Gasteiger partial charge in [-0.15, -0.1) is 11.8 Å². The molecular weight excluding hydrogens is 222 g/mol. The molecule has 0 fully saturated rings. The molecule has 0 spiro atoms. The molecule has 2 unspecified atom stereocenters. The van der Waals surface area contributed by atoms with Gasteiger partial charge in [-0.05, 0) is 23.7 Å². The maximum Gasteiger partial charge on any atom is 0.193 e. The van der Waals surface area contributed by atoms with Gasteiger partial charge in [0, 0.05) is 11.8 Å². The van der Waals surface area contributed by atoms with E-state index in [9.17, 15) is 5.11 Å². The van der Waals surface area contributed by atoms with Gasteiger partial charge in [-0.1, -0.05) is 6.92 Å². The monoisotopic (exact) mass is 235 g/mol. The van der Waals surface area contributed by atoms with E-state index in [1.54, 1.807) is 17.8 Å². The zero-order valence-electron chi connectivity index (χ0n) is 7.94.